The maximum absolute atomic E-state index is 10.4. The number of para-hydroxylation sites is 1. The summed E-state index contributed by atoms with van der Waals surface area (Å²) < 4.78 is 0. The molecule has 0 bridgehead atoms. The molecule has 0 amide bonds. The lowest BCUT2D eigenvalue weighted by molar-refractivity contribution is 0.175. The Balaban J connectivity index is 1.88. The molecule has 0 aliphatic carbocycles. The van der Waals surface area contributed by atoms with Crippen molar-refractivity contribution >= 4 is 10.9 Å². The van der Waals surface area contributed by atoms with E-state index in [-0.39, 0.29) is 0 Å². The second kappa shape index (κ2) is 5.58. The molecule has 1 aromatic carbocycles. The van der Waals surface area contributed by atoms with E-state index in [9.17, 15) is 5.11 Å². The van der Waals surface area contributed by atoms with Gasteiger partial charge in [-0.25, -0.2) is 0 Å². The van der Waals surface area contributed by atoms with Crippen LogP contribution in [0.3, 0.4) is 0 Å². The molecule has 4 nitrogen and oxygen atoms in total. The summed E-state index contributed by atoms with van der Waals surface area (Å²) in [5.74, 6) is 0. The Morgan fingerprint density at radius 1 is 1.05 bits per heavy atom. The topological polar surface area (TPSA) is 58.9 Å². The van der Waals surface area contributed by atoms with Crippen molar-refractivity contribution in [3.05, 3.63) is 65.1 Å². The zero-order valence-electron chi connectivity index (χ0n) is 12.1. The molecule has 0 radical (unpaired) electrons. The van der Waals surface area contributed by atoms with Gasteiger partial charge in [-0.05, 0) is 32.0 Å². The molecular formula is C17H17N3O. The predicted octanol–water partition coefficient (Wildman–Crippen LogP) is 2.92. The number of hydrogen-bond acceptors (Lipinski definition) is 4. The minimum Gasteiger partial charge on any atom is -0.388 e. The molecule has 3 aromatic rings. The Hall–Kier alpha value is -2.33. The molecule has 0 aliphatic heterocycles. The first-order valence-corrected chi connectivity index (χ1v) is 6.97. The summed E-state index contributed by atoms with van der Waals surface area (Å²) in [5, 5.41) is 19.6. The quantitative estimate of drug-likeness (QED) is 0.801. The number of fused-ring (bicyclic) bond motifs is 1. The van der Waals surface area contributed by atoms with E-state index in [1.165, 1.54) is 0 Å². The van der Waals surface area contributed by atoms with Gasteiger partial charge in [0.2, 0.25) is 0 Å². The van der Waals surface area contributed by atoms with Crippen LogP contribution in [0, 0.1) is 13.8 Å². The first kappa shape index (κ1) is 13.6. The summed E-state index contributed by atoms with van der Waals surface area (Å²) in [6, 6.07) is 13.9. The van der Waals surface area contributed by atoms with Gasteiger partial charge < -0.3 is 5.11 Å². The number of benzene rings is 1. The summed E-state index contributed by atoms with van der Waals surface area (Å²) in [6.07, 6.45) is -0.149. The highest BCUT2D eigenvalue weighted by Gasteiger charge is 2.14. The lowest BCUT2D eigenvalue weighted by Crippen LogP contribution is -2.08. The predicted molar refractivity (Wildman–Crippen MR) is 81.9 cm³/mol. The largest absolute Gasteiger partial charge is 0.388 e. The molecule has 1 unspecified atom stereocenters. The van der Waals surface area contributed by atoms with Crippen LogP contribution in [0.15, 0.2) is 42.5 Å². The fourth-order valence-electron chi connectivity index (χ4n) is 2.44. The normalized spacial score (nSPS) is 12.5. The van der Waals surface area contributed by atoms with E-state index < -0.39 is 6.10 Å². The van der Waals surface area contributed by atoms with E-state index in [1.807, 2.05) is 56.3 Å². The van der Waals surface area contributed by atoms with Crippen molar-refractivity contribution in [2.24, 2.45) is 0 Å². The minimum absolute atomic E-state index is 0.469. The van der Waals surface area contributed by atoms with Crippen molar-refractivity contribution in [3.8, 4) is 0 Å². The molecule has 2 aromatic heterocycles. The van der Waals surface area contributed by atoms with E-state index >= 15 is 0 Å². The van der Waals surface area contributed by atoms with Gasteiger partial charge in [-0.3, -0.25) is 4.98 Å². The zero-order chi connectivity index (χ0) is 14.8. The number of aliphatic hydroxyl groups is 1. The highest BCUT2D eigenvalue weighted by Crippen LogP contribution is 2.21. The maximum Gasteiger partial charge on any atom is 0.0864 e. The number of hydrogen-bond donors (Lipinski definition) is 1. The number of nitrogens with zero attached hydrogens (tertiary/aromatic N) is 3. The number of aliphatic hydroxyl groups excluding tert-OH is 1. The SMILES string of the molecule is Cc1cc(C(O)Cc2ccc3ccccc3n2)c(C)nn1. The van der Waals surface area contributed by atoms with Crippen molar-refractivity contribution in [1.29, 1.82) is 0 Å². The second-order valence-corrected chi connectivity index (χ2v) is 5.24. The summed E-state index contributed by atoms with van der Waals surface area (Å²) in [5.41, 5.74) is 4.20. The molecule has 21 heavy (non-hydrogen) atoms. The number of rotatable bonds is 3. The molecule has 2 heterocycles. The van der Waals surface area contributed by atoms with Crippen molar-refractivity contribution in [2.75, 3.05) is 0 Å². The van der Waals surface area contributed by atoms with E-state index in [1.54, 1.807) is 0 Å². The van der Waals surface area contributed by atoms with Crippen LogP contribution in [0.5, 0.6) is 0 Å². The Bertz CT molecular complexity index is 786. The second-order valence-electron chi connectivity index (χ2n) is 5.24. The summed E-state index contributed by atoms with van der Waals surface area (Å²) in [6.45, 7) is 3.73. The van der Waals surface area contributed by atoms with Gasteiger partial charge >= 0.3 is 0 Å². The Kier molecular flexibility index (Phi) is 3.62. The Morgan fingerprint density at radius 3 is 2.71 bits per heavy atom. The van der Waals surface area contributed by atoms with Crippen LogP contribution in [-0.2, 0) is 6.42 Å². The third-order valence-corrected chi connectivity index (χ3v) is 3.56. The lowest BCUT2D eigenvalue weighted by atomic mass is 10.0. The molecule has 0 fully saturated rings. The number of aromatic nitrogens is 3. The number of aryl methyl sites for hydroxylation is 2. The highest BCUT2D eigenvalue weighted by atomic mass is 16.3. The van der Waals surface area contributed by atoms with Crippen molar-refractivity contribution in [3.63, 3.8) is 0 Å². The molecule has 1 N–H and O–H groups in total. The average molecular weight is 279 g/mol. The maximum atomic E-state index is 10.4. The summed E-state index contributed by atoms with van der Waals surface area (Å²) in [7, 11) is 0. The molecule has 3 rings (SSSR count). The van der Waals surface area contributed by atoms with E-state index in [0.29, 0.717) is 6.42 Å². The van der Waals surface area contributed by atoms with Crippen LogP contribution >= 0.6 is 0 Å². The van der Waals surface area contributed by atoms with Gasteiger partial charge in [0.05, 0.1) is 23.0 Å². The molecule has 4 heteroatoms. The Morgan fingerprint density at radius 2 is 1.86 bits per heavy atom. The first-order chi connectivity index (χ1) is 10.1. The standard InChI is InChI=1S/C17H17N3O/c1-11-9-15(12(2)20-19-11)17(21)10-14-8-7-13-5-3-4-6-16(13)18-14/h3-9,17,21H,10H2,1-2H3. The van der Waals surface area contributed by atoms with Gasteiger partial charge in [0.25, 0.3) is 0 Å². The smallest absolute Gasteiger partial charge is 0.0864 e. The zero-order valence-corrected chi connectivity index (χ0v) is 12.1. The molecule has 0 spiro atoms. The lowest BCUT2D eigenvalue weighted by Gasteiger charge is -2.13. The average Bonchev–Trinajstić information content (AvgIpc) is 2.49. The van der Waals surface area contributed by atoms with Gasteiger partial charge in [0.15, 0.2) is 0 Å². The van der Waals surface area contributed by atoms with Crippen molar-refractivity contribution in [2.45, 2.75) is 26.4 Å². The van der Waals surface area contributed by atoms with E-state index in [2.05, 4.69) is 15.2 Å². The van der Waals surface area contributed by atoms with Gasteiger partial charge in [0, 0.05) is 23.1 Å². The van der Waals surface area contributed by atoms with Gasteiger partial charge in [-0.2, -0.15) is 10.2 Å². The van der Waals surface area contributed by atoms with Crippen molar-refractivity contribution < 1.29 is 5.11 Å². The molecule has 0 saturated heterocycles. The fraction of sp³-hybridized carbons (Fsp3) is 0.235. The Labute approximate surface area is 123 Å². The van der Waals surface area contributed by atoms with Crippen LogP contribution in [0.25, 0.3) is 10.9 Å². The van der Waals surface area contributed by atoms with Gasteiger partial charge in [-0.15, -0.1) is 0 Å². The van der Waals surface area contributed by atoms with Crippen LogP contribution in [0.1, 0.15) is 28.7 Å². The molecule has 0 aliphatic rings. The van der Waals surface area contributed by atoms with Gasteiger partial charge in [-0.1, -0.05) is 24.3 Å². The minimum atomic E-state index is -0.618. The van der Waals surface area contributed by atoms with Crippen molar-refractivity contribution in [1.82, 2.24) is 15.2 Å². The van der Waals surface area contributed by atoms with E-state index in [4.69, 9.17) is 0 Å². The van der Waals surface area contributed by atoms with Crippen LogP contribution in [0.2, 0.25) is 0 Å². The first-order valence-electron chi connectivity index (χ1n) is 6.97. The highest BCUT2D eigenvalue weighted by molar-refractivity contribution is 5.78. The number of pyridine rings is 1. The monoisotopic (exact) mass is 279 g/mol. The van der Waals surface area contributed by atoms with Crippen LogP contribution in [-0.4, -0.2) is 20.3 Å². The molecule has 1 atom stereocenters. The molecular weight excluding hydrogens is 262 g/mol. The van der Waals surface area contributed by atoms with Crippen LogP contribution in [0.4, 0.5) is 0 Å². The summed E-state index contributed by atoms with van der Waals surface area (Å²) >= 11 is 0. The molecule has 0 saturated carbocycles. The summed E-state index contributed by atoms with van der Waals surface area (Å²) in [4.78, 5) is 4.60. The van der Waals surface area contributed by atoms with Crippen LogP contribution < -0.4 is 0 Å². The van der Waals surface area contributed by atoms with Gasteiger partial charge in [0.1, 0.15) is 0 Å². The molecule has 106 valence electrons. The fourth-order valence-corrected chi connectivity index (χ4v) is 2.44. The van der Waals surface area contributed by atoms with E-state index in [0.717, 1.165) is 33.5 Å². The third-order valence-electron chi connectivity index (χ3n) is 3.56. The third kappa shape index (κ3) is 2.90.